The molecule has 2 aromatic rings. The molecular weight excluding hydrogens is 308 g/mol. The summed E-state index contributed by atoms with van der Waals surface area (Å²) < 4.78 is 5.48. The summed E-state index contributed by atoms with van der Waals surface area (Å²) >= 11 is 0. The molecule has 0 aliphatic carbocycles. The van der Waals surface area contributed by atoms with Crippen LogP contribution in [0.25, 0.3) is 0 Å². The third-order valence-corrected chi connectivity index (χ3v) is 4.67. The van der Waals surface area contributed by atoms with E-state index in [9.17, 15) is 9.59 Å². The number of rotatable bonds is 6. The van der Waals surface area contributed by atoms with Crippen molar-refractivity contribution in [1.29, 1.82) is 0 Å². The normalized spacial score (nSPS) is 17.6. The van der Waals surface area contributed by atoms with Crippen molar-refractivity contribution < 1.29 is 4.42 Å². The summed E-state index contributed by atoms with van der Waals surface area (Å²) in [6.07, 6.45) is 1.64. The molecule has 2 heterocycles. The van der Waals surface area contributed by atoms with Gasteiger partial charge in [-0.2, -0.15) is 0 Å². The first kappa shape index (κ1) is 16.7. The van der Waals surface area contributed by atoms with Crippen LogP contribution in [0.4, 0.5) is 11.4 Å². The monoisotopic (exact) mass is 332 g/mol. The zero-order valence-corrected chi connectivity index (χ0v) is 14.4. The predicted octanol–water partition coefficient (Wildman–Crippen LogP) is 0.342. The van der Waals surface area contributed by atoms with Gasteiger partial charge >= 0.3 is 0 Å². The molecule has 0 unspecified atom stereocenters. The van der Waals surface area contributed by atoms with Crippen molar-refractivity contribution in [3.8, 4) is 0 Å². The standard InChI is InChI=1S/C17H24N4O3/c1-19(2)12(13-5-4-10-24-13)11-18-14-15(17(23)16(14)22)21-8-6-20(3)7-9-21/h4-5,10,12,18H,6-9,11H2,1-3H3/t12-/m0/s1. The zero-order chi connectivity index (χ0) is 17.3. The fourth-order valence-electron chi connectivity index (χ4n) is 3.09. The topological polar surface area (TPSA) is 69.0 Å². The van der Waals surface area contributed by atoms with Crippen LogP contribution >= 0.6 is 0 Å². The summed E-state index contributed by atoms with van der Waals surface area (Å²) in [5.74, 6) is 0.826. The van der Waals surface area contributed by atoms with Gasteiger partial charge in [-0.05, 0) is 33.3 Å². The molecule has 1 fully saturated rings. The fraction of sp³-hybridized carbons (Fsp3) is 0.529. The molecule has 1 aromatic carbocycles. The van der Waals surface area contributed by atoms with Crippen molar-refractivity contribution in [3.63, 3.8) is 0 Å². The molecule has 0 saturated carbocycles. The Kier molecular flexibility index (Phi) is 4.73. The van der Waals surface area contributed by atoms with Gasteiger partial charge in [-0.15, -0.1) is 0 Å². The maximum atomic E-state index is 12.0. The SMILES string of the molecule is CN1CCN(c2c(NC[C@@H](c3ccco3)N(C)C)c(=O)c2=O)CC1. The average Bonchev–Trinajstić information content (AvgIpc) is 3.09. The number of likely N-dealkylation sites (N-methyl/N-ethyl adjacent to an activating group) is 2. The van der Waals surface area contributed by atoms with Crippen LogP contribution in [-0.2, 0) is 0 Å². The first-order valence-corrected chi connectivity index (χ1v) is 8.19. The van der Waals surface area contributed by atoms with Crippen LogP contribution in [0.5, 0.6) is 0 Å². The second-order valence-corrected chi connectivity index (χ2v) is 6.55. The summed E-state index contributed by atoms with van der Waals surface area (Å²) in [4.78, 5) is 30.3. The minimum absolute atomic E-state index is 0.00950. The number of hydrogen-bond donors (Lipinski definition) is 1. The summed E-state index contributed by atoms with van der Waals surface area (Å²) in [6.45, 7) is 3.83. The van der Waals surface area contributed by atoms with Crippen molar-refractivity contribution in [2.45, 2.75) is 6.04 Å². The highest BCUT2D eigenvalue weighted by atomic mass is 16.3. The van der Waals surface area contributed by atoms with Crippen LogP contribution in [0.1, 0.15) is 11.8 Å². The molecule has 7 nitrogen and oxygen atoms in total. The van der Waals surface area contributed by atoms with Gasteiger partial charge in [-0.1, -0.05) is 0 Å². The minimum Gasteiger partial charge on any atom is -0.468 e. The number of furan rings is 1. The minimum atomic E-state index is -0.416. The molecule has 1 N–H and O–H groups in total. The van der Waals surface area contributed by atoms with Gasteiger partial charge in [0.2, 0.25) is 0 Å². The first-order valence-electron chi connectivity index (χ1n) is 8.19. The van der Waals surface area contributed by atoms with Crippen LogP contribution in [-0.4, -0.2) is 63.7 Å². The van der Waals surface area contributed by atoms with Crippen molar-refractivity contribution >= 4 is 11.4 Å². The van der Waals surface area contributed by atoms with Gasteiger partial charge in [0.1, 0.15) is 17.1 Å². The van der Waals surface area contributed by atoms with Gasteiger partial charge in [-0.25, -0.2) is 0 Å². The van der Waals surface area contributed by atoms with Gasteiger partial charge in [-0.3, -0.25) is 14.5 Å². The molecule has 0 amide bonds. The molecule has 24 heavy (non-hydrogen) atoms. The van der Waals surface area contributed by atoms with E-state index < -0.39 is 5.43 Å². The summed E-state index contributed by atoms with van der Waals surface area (Å²) in [7, 11) is 5.97. The molecule has 0 bridgehead atoms. The summed E-state index contributed by atoms with van der Waals surface area (Å²) in [5.41, 5.74) is 0.204. The van der Waals surface area contributed by atoms with E-state index in [1.54, 1.807) is 6.26 Å². The van der Waals surface area contributed by atoms with E-state index in [1.807, 2.05) is 36.0 Å². The van der Waals surface area contributed by atoms with E-state index in [-0.39, 0.29) is 11.5 Å². The Morgan fingerprint density at radius 1 is 1.21 bits per heavy atom. The second-order valence-electron chi connectivity index (χ2n) is 6.55. The van der Waals surface area contributed by atoms with Crippen molar-refractivity contribution in [3.05, 3.63) is 44.6 Å². The molecule has 3 rings (SSSR count). The summed E-state index contributed by atoms with van der Waals surface area (Å²) in [6, 6.07) is 3.75. The smallest absolute Gasteiger partial charge is 0.253 e. The lowest BCUT2D eigenvalue weighted by molar-refractivity contribution is 0.269. The van der Waals surface area contributed by atoms with E-state index in [0.29, 0.717) is 17.9 Å². The molecule has 1 aliphatic rings. The Labute approximate surface area is 141 Å². The van der Waals surface area contributed by atoms with Crippen molar-refractivity contribution in [2.24, 2.45) is 0 Å². The van der Waals surface area contributed by atoms with Gasteiger partial charge in [0.25, 0.3) is 10.9 Å². The number of anilines is 2. The molecule has 130 valence electrons. The van der Waals surface area contributed by atoms with Gasteiger partial charge < -0.3 is 19.5 Å². The molecule has 0 spiro atoms. The lowest BCUT2D eigenvalue weighted by Crippen LogP contribution is -2.50. The third-order valence-electron chi connectivity index (χ3n) is 4.67. The Morgan fingerprint density at radius 2 is 1.92 bits per heavy atom. The number of nitrogens with one attached hydrogen (secondary N) is 1. The largest absolute Gasteiger partial charge is 0.468 e. The quantitative estimate of drug-likeness (QED) is 0.765. The van der Waals surface area contributed by atoms with E-state index >= 15 is 0 Å². The lowest BCUT2D eigenvalue weighted by atomic mass is 10.1. The number of nitrogens with zero attached hydrogens (tertiary/aromatic N) is 3. The highest BCUT2D eigenvalue weighted by Gasteiger charge is 2.28. The van der Waals surface area contributed by atoms with Crippen LogP contribution in [0.2, 0.25) is 0 Å². The molecule has 1 aliphatic heterocycles. The van der Waals surface area contributed by atoms with Crippen LogP contribution < -0.4 is 21.1 Å². The van der Waals surface area contributed by atoms with Crippen LogP contribution in [0, 0.1) is 0 Å². The number of hydrogen-bond acceptors (Lipinski definition) is 7. The fourth-order valence-corrected chi connectivity index (χ4v) is 3.09. The molecule has 1 aromatic heterocycles. The van der Waals surface area contributed by atoms with Crippen LogP contribution in [0.15, 0.2) is 32.4 Å². The third kappa shape index (κ3) is 3.09. The van der Waals surface area contributed by atoms with E-state index in [1.165, 1.54) is 0 Å². The Morgan fingerprint density at radius 3 is 2.50 bits per heavy atom. The number of piperazine rings is 1. The second kappa shape index (κ2) is 6.78. The van der Waals surface area contributed by atoms with E-state index in [4.69, 9.17) is 4.42 Å². The average molecular weight is 332 g/mol. The summed E-state index contributed by atoms with van der Waals surface area (Å²) in [5, 5.41) is 3.18. The predicted molar refractivity (Wildman–Crippen MR) is 94.7 cm³/mol. The van der Waals surface area contributed by atoms with E-state index in [0.717, 1.165) is 31.9 Å². The maximum absolute atomic E-state index is 12.0. The Balaban J connectivity index is 1.73. The van der Waals surface area contributed by atoms with Gasteiger partial charge in [0.05, 0.1) is 12.3 Å². The molecule has 1 saturated heterocycles. The van der Waals surface area contributed by atoms with Crippen molar-refractivity contribution in [1.82, 2.24) is 9.80 Å². The Bertz CT molecular complexity index is 738. The molecule has 0 radical (unpaired) electrons. The molecule has 1 atom stereocenters. The van der Waals surface area contributed by atoms with Crippen molar-refractivity contribution in [2.75, 3.05) is 64.1 Å². The van der Waals surface area contributed by atoms with Gasteiger partial charge in [0, 0.05) is 32.7 Å². The highest BCUT2D eigenvalue weighted by molar-refractivity contribution is 5.75. The Hall–Kier alpha value is -2.12. The molecular formula is C17H24N4O3. The van der Waals surface area contributed by atoms with E-state index in [2.05, 4.69) is 17.3 Å². The molecule has 7 heteroatoms. The zero-order valence-electron chi connectivity index (χ0n) is 14.4. The highest BCUT2D eigenvalue weighted by Crippen LogP contribution is 2.24. The van der Waals surface area contributed by atoms with Gasteiger partial charge in [0.15, 0.2) is 0 Å². The maximum Gasteiger partial charge on any atom is 0.253 e. The lowest BCUT2D eigenvalue weighted by Gasteiger charge is -2.35. The first-order chi connectivity index (χ1) is 11.5. The van der Waals surface area contributed by atoms with Crippen LogP contribution in [0.3, 0.4) is 0 Å².